The van der Waals surface area contributed by atoms with Gasteiger partial charge < -0.3 is 10.2 Å². The van der Waals surface area contributed by atoms with E-state index in [1.54, 1.807) is 4.90 Å². The van der Waals surface area contributed by atoms with Gasteiger partial charge >= 0.3 is 0 Å². The van der Waals surface area contributed by atoms with Gasteiger partial charge in [0.05, 0.1) is 16.6 Å². The van der Waals surface area contributed by atoms with Crippen LogP contribution in [-0.2, 0) is 9.59 Å². The molecule has 0 aromatic heterocycles. The van der Waals surface area contributed by atoms with E-state index < -0.39 is 0 Å². The Labute approximate surface area is 136 Å². The molecule has 2 rings (SSSR count). The summed E-state index contributed by atoms with van der Waals surface area (Å²) in [4.78, 5) is 26.1. The van der Waals surface area contributed by atoms with E-state index in [0.29, 0.717) is 24.0 Å². The van der Waals surface area contributed by atoms with Crippen LogP contribution in [0.5, 0.6) is 0 Å². The van der Waals surface area contributed by atoms with Crippen LogP contribution in [0, 0.1) is 25.7 Å². The lowest BCUT2D eigenvalue weighted by atomic mass is 10.1. The summed E-state index contributed by atoms with van der Waals surface area (Å²) >= 11 is 6.32. The molecule has 0 aliphatic carbocycles. The van der Waals surface area contributed by atoms with Crippen molar-refractivity contribution in [3.05, 3.63) is 28.3 Å². The Kier molecular flexibility index (Phi) is 5.12. The summed E-state index contributed by atoms with van der Waals surface area (Å²) in [6.07, 6.45) is 0.244. The monoisotopic (exact) mass is 322 g/mol. The third-order valence-electron chi connectivity index (χ3n) is 3.85. The van der Waals surface area contributed by atoms with Gasteiger partial charge in [0, 0.05) is 19.5 Å². The minimum absolute atomic E-state index is 0.0430. The predicted molar refractivity (Wildman–Crippen MR) is 89.2 cm³/mol. The van der Waals surface area contributed by atoms with E-state index in [9.17, 15) is 9.59 Å². The summed E-state index contributed by atoms with van der Waals surface area (Å²) in [6.45, 7) is 9.02. The van der Waals surface area contributed by atoms with Crippen molar-refractivity contribution in [2.45, 2.75) is 34.1 Å². The first-order valence-corrected chi connectivity index (χ1v) is 8.02. The summed E-state index contributed by atoms with van der Waals surface area (Å²) in [7, 11) is 0. The van der Waals surface area contributed by atoms with Gasteiger partial charge in [-0.1, -0.05) is 31.5 Å². The molecule has 1 aromatic carbocycles. The smallest absolute Gasteiger partial charge is 0.227 e. The molecule has 2 amide bonds. The fraction of sp³-hybridized carbons (Fsp3) is 0.529. The average Bonchev–Trinajstić information content (AvgIpc) is 2.77. The summed E-state index contributed by atoms with van der Waals surface area (Å²) < 4.78 is 0. The number of hydrogen-bond acceptors (Lipinski definition) is 2. The first kappa shape index (κ1) is 16.8. The second-order valence-electron chi connectivity index (χ2n) is 6.46. The van der Waals surface area contributed by atoms with Gasteiger partial charge in [0.15, 0.2) is 0 Å². The van der Waals surface area contributed by atoms with Crippen molar-refractivity contribution in [2.75, 3.05) is 18.0 Å². The molecule has 4 nitrogen and oxygen atoms in total. The maximum Gasteiger partial charge on any atom is 0.227 e. The standard InChI is InChI=1S/C17H23ClN2O2/c1-10(2)8-19-17(22)13-7-15(21)20(9-13)16-12(4)5-11(3)6-14(16)18/h5-6,10,13H,7-9H2,1-4H3,(H,19,22). The lowest BCUT2D eigenvalue weighted by Gasteiger charge is -2.21. The van der Waals surface area contributed by atoms with Crippen LogP contribution in [0.25, 0.3) is 0 Å². The lowest BCUT2D eigenvalue weighted by Crippen LogP contribution is -2.35. The van der Waals surface area contributed by atoms with E-state index >= 15 is 0 Å². The quantitative estimate of drug-likeness (QED) is 0.926. The van der Waals surface area contributed by atoms with Gasteiger partial charge in [-0.05, 0) is 37.0 Å². The molecule has 1 atom stereocenters. The zero-order valence-corrected chi connectivity index (χ0v) is 14.3. The number of amides is 2. The highest BCUT2D eigenvalue weighted by atomic mass is 35.5. The average molecular weight is 323 g/mol. The molecule has 0 radical (unpaired) electrons. The number of rotatable bonds is 4. The number of hydrogen-bond donors (Lipinski definition) is 1. The van der Waals surface area contributed by atoms with Crippen molar-refractivity contribution < 1.29 is 9.59 Å². The van der Waals surface area contributed by atoms with E-state index in [-0.39, 0.29) is 24.2 Å². The molecule has 120 valence electrons. The highest BCUT2D eigenvalue weighted by Crippen LogP contribution is 2.35. The van der Waals surface area contributed by atoms with Gasteiger partial charge in [0.1, 0.15) is 0 Å². The molecule has 1 unspecified atom stereocenters. The van der Waals surface area contributed by atoms with Gasteiger partial charge in [-0.15, -0.1) is 0 Å². The normalized spacial score (nSPS) is 18.2. The Hall–Kier alpha value is -1.55. The number of halogens is 1. The maximum absolute atomic E-state index is 12.3. The molecule has 1 aromatic rings. The minimum Gasteiger partial charge on any atom is -0.356 e. The molecule has 0 saturated carbocycles. The molecule has 0 spiro atoms. The highest BCUT2D eigenvalue weighted by molar-refractivity contribution is 6.34. The van der Waals surface area contributed by atoms with Gasteiger partial charge in [-0.25, -0.2) is 0 Å². The Bertz CT molecular complexity index is 575. The maximum atomic E-state index is 12.3. The van der Waals surface area contributed by atoms with Crippen LogP contribution in [0.1, 0.15) is 31.4 Å². The highest BCUT2D eigenvalue weighted by Gasteiger charge is 2.36. The molecule has 1 saturated heterocycles. The molecular formula is C17H23ClN2O2. The Morgan fingerprint density at radius 2 is 2.09 bits per heavy atom. The van der Waals surface area contributed by atoms with E-state index in [4.69, 9.17) is 11.6 Å². The Balaban J connectivity index is 2.15. The van der Waals surface area contributed by atoms with Crippen LogP contribution < -0.4 is 10.2 Å². The van der Waals surface area contributed by atoms with Crippen molar-refractivity contribution in [1.29, 1.82) is 0 Å². The van der Waals surface area contributed by atoms with E-state index in [1.807, 2.05) is 39.8 Å². The third kappa shape index (κ3) is 3.61. The third-order valence-corrected chi connectivity index (χ3v) is 4.14. The predicted octanol–water partition coefficient (Wildman–Crippen LogP) is 3.08. The summed E-state index contributed by atoms with van der Waals surface area (Å²) in [5.41, 5.74) is 2.75. The Morgan fingerprint density at radius 1 is 1.41 bits per heavy atom. The zero-order valence-electron chi connectivity index (χ0n) is 13.6. The van der Waals surface area contributed by atoms with Crippen LogP contribution >= 0.6 is 11.6 Å². The minimum atomic E-state index is -0.303. The topological polar surface area (TPSA) is 49.4 Å². The SMILES string of the molecule is Cc1cc(C)c(N2CC(C(=O)NCC(C)C)CC2=O)c(Cl)c1. The second kappa shape index (κ2) is 6.69. The molecule has 1 N–H and O–H groups in total. The number of nitrogens with one attached hydrogen (secondary N) is 1. The molecule has 1 heterocycles. The van der Waals surface area contributed by atoms with Gasteiger partial charge in [0.25, 0.3) is 0 Å². The van der Waals surface area contributed by atoms with Gasteiger partial charge in [-0.2, -0.15) is 0 Å². The molecule has 5 heteroatoms. The zero-order chi connectivity index (χ0) is 16.4. The Morgan fingerprint density at radius 3 is 2.68 bits per heavy atom. The van der Waals surface area contributed by atoms with Gasteiger partial charge in [0.2, 0.25) is 11.8 Å². The number of carbonyl (C=O) groups is 2. The lowest BCUT2D eigenvalue weighted by molar-refractivity contribution is -0.126. The number of benzene rings is 1. The molecule has 22 heavy (non-hydrogen) atoms. The molecule has 1 fully saturated rings. The van der Waals surface area contributed by atoms with E-state index in [0.717, 1.165) is 16.8 Å². The van der Waals surface area contributed by atoms with E-state index in [2.05, 4.69) is 5.32 Å². The van der Waals surface area contributed by atoms with Crippen LogP contribution in [0.15, 0.2) is 12.1 Å². The first-order chi connectivity index (χ1) is 10.3. The number of aryl methyl sites for hydroxylation is 2. The van der Waals surface area contributed by atoms with Crippen LogP contribution in [0.3, 0.4) is 0 Å². The van der Waals surface area contributed by atoms with Crippen molar-refractivity contribution in [3.8, 4) is 0 Å². The van der Waals surface area contributed by atoms with Crippen molar-refractivity contribution in [3.63, 3.8) is 0 Å². The van der Waals surface area contributed by atoms with Crippen LogP contribution in [-0.4, -0.2) is 24.9 Å². The largest absolute Gasteiger partial charge is 0.356 e. The van der Waals surface area contributed by atoms with Crippen molar-refractivity contribution in [1.82, 2.24) is 5.32 Å². The fourth-order valence-electron chi connectivity index (χ4n) is 2.80. The van der Waals surface area contributed by atoms with Crippen LogP contribution in [0.4, 0.5) is 5.69 Å². The summed E-state index contributed by atoms with van der Waals surface area (Å²) in [6, 6.07) is 3.85. The van der Waals surface area contributed by atoms with Gasteiger partial charge in [-0.3, -0.25) is 9.59 Å². The number of nitrogens with zero attached hydrogens (tertiary/aromatic N) is 1. The number of carbonyl (C=O) groups excluding carboxylic acids is 2. The van der Waals surface area contributed by atoms with Crippen molar-refractivity contribution in [2.24, 2.45) is 11.8 Å². The van der Waals surface area contributed by atoms with E-state index in [1.165, 1.54) is 0 Å². The molecular weight excluding hydrogens is 300 g/mol. The van der Waals surface area contributed by atoms with Crippen molar-refractivity contribution >= 4 is 29.1 Å². The second-order valence-corrected chi connectivity index (χ2v) is 6.86. The van der Waals surface area contributed by atoms with Crippen LogP contribution in [0.2, 0.25) is 5.02 Å². The fourth-order valence-corrected chi connectivity index (χ4v) is 3.22. The molecule has 0 bridgehead atoms. The molecule has 1 aliphatic heterocycles. The number of anilines is 1. The summed E-state index contributed by atoms with van der Waals surface area (Å²) in [5.74, 6) is -0.00190. The first-order valence-electron chi connectivity index (χ1n) is 7.64. The summed E-state index contributed by atoms with van der Waals surface area (Å²) in [5, 5.41) is 3.47. The molecule has 1 aliphatic rings.